The van der Waals surface area contributed by atoms with Crippen molar-refractivity contribution in [2.75, 3.05) is 0 Å². The average molecular weight is 468 g/mol. The average Bonchev–Trinajstić information content (AvgIpc) is 2.78. The maximum Gasteiger partial charge on any atom is 0.312 e. The van der Waals surface area contributed by atoms with E-state index < -0.39 is 41.3 Å². The minimum Gasteiger partial charge on any atom is -0.507 e. The summed E-state index contributed by atoms with van der Waals surface area (Å²) in [5, 5.41) is 70.4. The van der Waals surface area contributed by atoms with Crippen LogP contribution in [-0.2, 0) is 11.2 Å². The van der Waals surface area contributed by atoms with Gasteiger partial charge in [-0.05, 0) is 29.8 Å². The fraction of sp³-hybridized carbons (Fsp3) is 0.208. The molecule has 2 aliphatic heterocycles. The topological polar surface area (TPSA) is 177 Å². The fourth-order valence-electron chi connectivity index (χ4n) is 4.50. The SMILES string of the molecule is O=C1C[C@H](c2ccc(O)c(O)c2)c2c(cc(O)c3c2O[C@@H](c2cc(O)c(O)c(O)c2)[C@@H](O)C3)O1. The molecule has 5 rings (SSSR count). The minimum absolute atomic E-state index is 0.0385. The maximum atomic E-state index is 12.3. The number of rotatable bonds is 2. The number of benzene rings is 3. The van der Waals surface area contributed by atoms with Crippen molar-refractivity contribution >= 4 is 5.97 Å². The first-order valence-corrected chi connectivity index (χ1v) is 10.3. The number of ether oxygens (including phenoxy) is 2. The van der Waals surface area contributed by atoms with Gasteiger partial charge in [0.05, 0.1) is 12.5 Å². The quantitative estimate of drug-likeness (QED) is 0.168. The van der Waals surface area contributed by atoms with Crippen molar-refractivity contribution in [3.05, 3.63) is 58.7 Å². The first kappa shape index (κ1) is 21.5. The highest BCUT2D eigenvalue weighted by Gasteiger charge is 2.40. The monoisotopic (exact) mass is 468 g/mol. The molecule has 176 valence electrons. The Morgan fingerprint density at radius 3 is 2.12 bits per heavy atom. The summed E-state index contributed by atoms with van der Waals surface area (Å²) >= 11 is 0. The number of phenols is 6. The van der Waals surface area contributed by atoms with Gasteiger partial charge in [-0.25, -0.2) is 0 Å². The van der Waals surface area contributed by atoms with Gasteiger partial charge in [-0.15, -0.1) is 0 Å². The van der Waals surface area contributed by atoms with E-state index in [4.69, 9.17) is 9.47 Å². The molecule has 2 aliphatic rings. The van der Waals surface area contributed by atoms with Crippen LogP contribution in [0.15, 0.2) is 36.4 Å². The molecule has 0 bridgehead atoms. The molecule has 2 heterocycles. The van der Waals surface area contributed by atoms with Gasteiger partial charge in [-0.3, -0.25) is 4.79 Å². The van der Waals surface area contributed by atoms with Crippen molar-refractivity contribution in [2.24, 2.45) is 0 Å². The summed E-state index contributed by atoms with van der Waals surface area (Å²) in [5.41, 5.74) is 1.30. The Balaban J connectivity index is 1.67. The van der Waals surface area contributed by atoms with Gasteiger partial charge in [0.25, 0.3) is 0 Å². The molecule has 0 aromatic heterocycles. The molecule has 3 aromatic carbocycles. The van der Waals surface area contributed by atoms with Gasteiger partial charge >= 0.3 is 5.97 Å². The minimum atomic E-state index is -1.19. The fourth-order valence-corrected chi connectivity index (χ4v) is 4.50. The summed E-state index contributed by atoms with van der Waals surface area (Å²) in [6.07, 6.45) is -2.49. The number of carbonyl (C=O) groups is 1. The van der Waals surface area contributed by atoms with Crippen molar-refractivity contribution in [1.29, 1.82) is 0 Å². The van der Waals surface area contributed by atoms with E-state index in [9.17, 15) is 40.5 Å². The van der Waals surface area contributed by atoms with Crippen LogP contribution < -0.4 is 9.47 Å². The molecule has 0 spiro atoms. The van der Waals surface area contributed by atoms with Crippen LogP contribution >= 0.6 is 0 Å². The van der Waals surface area contributed by atoms with Gasteiger partial charge in [0.1, 0.15) is 17.2 Å². The lowest BCUT2D eigenvalue weighted by molar-refractivity contribution is -0.135. The Bertz CT molecular complexity index is 1310. The zero-order valence-electron chi connectivity index (χ0n) is 17.5. The molecule has 7 N–H and O–H groups in total. The van der Waals surface area contributed by atoms with E-state index in [0.29, 0.717) is 11.1 Å². The van der Waals surface area contributed by atoms with E-state index in [2.05, 4.69) is 0 Å². The number of aliphatic hydroxyl groups is 1. The highest BCUT2D eigenvalue weighted by molar-refractivity contribution is 5.80. The first-order chi connectivity index (χ1) is 16.1. The molecule has 3 aromatic rings. The largest absolute Gasteiger partial charge is 0.507 e. The molecule has 0 saturated carbocycles. The molecular formula is C24H20O10. The van der Waals surface area contributed by atoms with E-state index in [-0.39, 0.29) is 52.7 Å². The molecule has 10 heteroatoms. The van der Waals surface area contributed by atoms with Crippen LogP contribution in [0.5, 0.6) is 46.0 Å². The van der Waals surface area contributed by atoms with Crippen LogP contribution in [0.25, 0.3) is 0 Å². The second kappa shape index (κ2) is 7.63. The normalized spacial score (nSPS) is 21.2. The molecule has 0 fully saturated rings. The van der Waals surface area contributed by atoms with Crippen LogP contribution in [0.1, 0.15) is 40.7 Å². The van der Waals surface area contributed by atoms with Gasteiger partial charge in [0.2, 0.25) is 0 Å². The Kier molecular flexibility index (Phi) is 4.83. The molecule has 0 saturated heterocycles. The number of fused-ring (bicyclic) bond motifs is 3. The van der Waals surface area contributed by atoms with Crippen LogP contribution in [0.4, 0.5) is 0 Å². The van der Waals surface area contributed by atoms with Crippen LogP contribution in [0.3, 0.4) is 0 Å². The molecule has 0 amide bonds. The van der Waals surface area contributed by atoms with Crippen LogP contribution in [0.2, 0.25) is 0 Å². The third-order valence-electron chi connectivity index (χ3n) is 6.13. The standard InChI is InChI=1S/C24H20O10/c25-13-2-1-9(3-15(13)27)11-7-20(31)33-19-8-14(26)12-6-18(30)23(34-24(12)21(11)19)10-4-16(28)22(32)17(29)5-10/h1-5,8,11,18,23,25-30,32H,6-7H2/t11-,18+,23+/m1/s1. The summed E-state index contributed by atoms with van der Waals surface area (Å²) < 4.78 is 11.4. The Morgan fingerprint density at radius 1 is 0.765 bits per heavy atom. The number of aromatic hydroxyl groups is 6. The molecule has 0 aliphatic carbocycles. The summed E-state index contributed by atoms with van der Waals surface area (Å²) in [5.74, 6) is -3.98. The van der Waals surface area contributed by atoms with E-state index in [1.807, 2.05) is 0 Å². The summed E-state index contributed by atoms with van der Waals surface area (Å²) in [4.78, 5) is 12.3. The summed E-state index contributed by atoms with van der Waals surface area (Å²) in [6.45, 7) is 0. The number of carbonyl (C=O) groups excluding carboxylic acids is 1. The van der Waals surface area contributed by atoms with Crippen molar-refractivity contribution in [3.8, 4) is 46.0 Å². The lowest BCUT2D eigenvalue weighted by Gasteiger charge is -2.36. The van der Waals surface area contributed by atoms with Gasteiger partial charge < -0.3 is 45.2 Å². The zero-order valence-corrected chi connectivity index (χ0v) is 17.5. The van der Waals surface area contributed by atoms with E-state index in [1.54, 1.807) is 0 Å². The van der Waals surface area contributed by atoms with Gasteiger partial charge in [-0.1, -0.05) is 6.07 Å². The lowest BCUT2D eigenvalue weighted by Crippen LogP contribution is -2.32. The zero-order chi connectivity index (χ0) is 24.3. The van der Waals surface area contributed by atoms with Crippen molar-refractivity contribution in [3.63, 3.8) is 0 Å². The molecule has 10 nitrogen and oxygen atoms in total. The summed E-state index contributed by atoms with van der Waals surface area (Å²) in [7, 11) is 0. The number of aliphatic hydroxyl groups excluding tert-OH is 1. The van der Waals surface area contributed by atoms with E-state index in [1.165, 1.54) is 24.3 Å². The third kappa shape index (κ3) is 3.35. The Hall–Kier alpha value is -4.31. The summed E-state index contributed by atoms with van der Waals surface area (Å²) in [6, 6.07) is 7.66. The number of phenolic OH excluding ortho intramolecular Hbond substituents is 6. The third-order valence-corrected chi connectivity index (χ3v) is 6.13. The highest BCUT2D eigenvalue weighted by atomic mass is 16.5. The van der Waals surface area contributed by atoms with E-state index >= 15 is 0 Å². The van der Waals surface area contributed by atoms with E-state index in [0.717, 1.165) is 12.1 Å². The number of hydrogen-bond donors (Lipinski definition) is 7. The second-order valence-electron chi connectivity index (χ2n) is 8.31. The van der Waals surface area contributed by atoms with Crippen molar-refractivity contribution in [2.45, 2.75) is 31.0 Å². The predicted molar refractivity (Wildman–Crippen MR) is 114 cm³/mol. The lowest BCUT2D eigenvalue weighted by atomic mass is 9.82. The molecule has 0 radical (unpaired) electrons. The van der Waals surface area contributed by atoms with Crippen LogP contribution in [0, 0.1) is 0 Å². The van der Waals surface area contributed by atoms with Crippen molar-refractivity contribution in [1.82, 2.24) is 0 Å². The highest BCUT2D eigenvalue weighted by Crippen LogP contribution is 2.53. The van der Waals surface area contributed by atoms with Gasteiger partial charge in [0, 0.05) is 35.1 Å². The second-order valence-corrected chi connectivity index (χ2v) is 8.31. The van der Waals surface area contributed by atoms with Crippen LogP contribution in [-0.4, -0.2) is 47.8 Å². The molecule has 34 heavy (non-hydrogen) atoms. The van der Waals surface area contributed by atoms with Crippen molar-refractivity contribution < 1.29 is 50.0 Å². The smallest absolute Gasteiger partial charge is 0.312 e. The Labute approximate surface area is 192 Å². The van der Waals surface area contributed by atoms with Gasteiger partial charge in [0.15, 0.2) is 34.9 Å². The maximum absolute atomic E-state index is 12.3. The first-order valence-electron chi connectivity index (χ1n) is 10.3. The molecule has 0 unspecified atom stereocenters. The predicted octanol–water partition coefficient (Wildman–Crippen LogP) is 2.40. The number of hydrogen-bond acceptors (Lipinski definition) is 10. The Morgan fingerprint density at radius 2 is 1.44 bits per heavy atom. The van der Waals surface area contributed by atoms with Gasteiger partial charge in [-0.2, -0.15) is 0 Å². The molecular weight excluding hydrogens is 448 g/mol. The molecule has 3 atom stereocenters. The number of esters is 1.